The van der Waals surface area contributed by atoms with Crippen LogP contribution in [0.3, 0.4) is 0 Å². The molecule has 158 valence electrons. The number of hydrogen-bond donors (Lipinski definition) is 0. The summed E-state index contributed by atoms with van der Waals surface area (Å²) in [7, 11) is 0. The monoisotopic (exact) mass is 466 g/mol. The van der Waals surface area contributed by atoms with Crippen LogP contribution in [0.25, 0.3) is 73.0 Å². The van der Waals surface area contributed by atoms with Gasteiger partial charge in [-0.1, -0.05) is 66.7 Å². The van der Waals surface area contributed by atoms with Crippen LogP contribution < -0.4 is 0 Å². The summed E-state index contributed by atoms with van der Waals surface area (Å²) < 4.78 is 5.42. The predicted octanol–water partition coefficient (Wildman–Crippen LogP) is 10.4. The topological polar surface area (TPSA) is 0 Å². The minimum Gasteiger partial charge on any atom is -0.135 e. The Bertz CT molecular complexity index is 2070. The molecule has 0 spiro atoms. The maximum atomic E-state index is 2.39. The van der Waals surface area contributed by atoms with Gasteiger partial charge in [0.25, 0.3) is 0 Å². The van der Waals surface area contributed by atoms with Crippen molar-refractivity contribution in [2.75, 3.05) is 0 Å². The Morgan fingerprint density at radius 2 is 1.06 bits per heavy atom. The zero-order chi connectivity index (χ0) is 22.2. The van der Waals surface area contributed by atoms with Crippen LogP contribution in [0.1, 0.15) is 0 Å². The van der Waals surface area contributed by atoms with Gasteiger partial charge in [0.2, 0.25) is 0 Å². The number of rotatable bonds is 1. The highest BCUT2D eigenvalue weighted by Gasteiger charge is 2.11. The quantitative estimate of drug-likeness (QED) is 0.226. The van der Waals surface area contributed by atoms with E-state index in [1.807, 2.05) is 22.7 Å². The number of hydrogen-bond acceptors (Lipinski definition) is 2. The molecule has 0 aliphatic rings. The number of benzene rings is 6. The molecule has 2 heterocycles. The van der Waals surface area contributed by atoms with Crippen molar-refractivity contribution in [1.82, 2.24) is 0 Å². The fraction of sp³-hybridized carbons (Fsp3) is 0. The summed E-state index contributed by atoms with van der Waals surface area (Å²) in [4.78, 5) is 0. The van der Waals surface area contributed by atoms with E-state index < -0.39 is 0 Å². The molecule has 2 aromatic heterocycles. The average Bonchev–Trinajstić information content (AvgIpc) is 3.44. The molecule has 8 aromatic rings. The number of fused-ring (bicyclic) bond motifs is 9. The summed E-state index contributed by atoms with van der Waals surface area (Å²) in [5.41, 5.74) is 2.55. The van der Waals surface area contributed by atoms with Gasteiger partial charge in [-0.15, -0.1) is 22.7 Å². The van der Waals surface area contributed by atoms with E-state index in [4.69, 9.17) is 0 Å². The van der Waals surface area contributed by atoms with E-state index in [-0.39, 0.29) is 0 Å². The van der Waals surface area contributed by atoms with Gasteiger partial charge in [0, 0.05) is 40.3 Å². The summed E-state index contributed by atoms with van der Waals surface area (Å²) in [6.45, 7) is 0. The molecular weight excluding hydrogens is 448 g/mol. The minimum atomic E-state index is 1.27. The van der Waals surface area contributed by atoms with Gasteiger partial charge >= 0.3 is 0 Å². The molecule has 0 atom stereocenters. The van der Waals surface area contributed by atoms with Crippen LogP contribution in [-0.2, 0) is 0 Å². The van der Waals surface area contributed by atoms with Crippen LogP contribution in [-0.4, -0.2) is 0 Å². The van der Waals surface area contributed by atoms with E-state index in [2.05, 4.69) is 109 Å². The summed E-state index contributed by atoms with van der Waals surface area (Å²) in [6.07, 6.45) is 0. The predicted molar refractivity (Wildman–Crippen MR) is 153 cm³/mol. The molecule has 0 aliphatic heterocycles. The van der Waals surface area contributed by atoms with Crippen molar-refractivity contribution in [1.29, 1.82) is 0 Å². The second-order valence-corrected chi connectivity index (χ2v) is 11.1. The first-order valence-electron chi connectivity index (χ1n) is 11.5. The maximum Gasteiger partial charge on any atom is 0.0361 e. The normalized spacial score (nSPS) is 12.1. The summed E-state index contributed by atoms with van der Waals surface area (Å²) in [5, 5.41) is 10.7. The molecule has 2 heteroatoms. The Hall–Kier alpha value is -3.72. The molecule has 0 unspecified atom stereocenters. The van der Waals surface area contributed by atoms with Crippen LogP contribution in [0.2, 0.25) is 0 Å². The summed E-state index contributed by atoms with van der Waals surface area (Å²) in [5.74, 6) is 0. The first kappa shape index (κ1) is 18.7. The van der Waals surface area contributed by atoms with Crippen molar-refractivity contribution in [2.45, 2.75) is 0 Å². The molecule has 34 heavy (non-hydrogen) atoms. The first-order valence-corrected chi connectivity index (χ1v) is 13.1. The summed E-state index contributed by atoms with van der Waals surface area (Å²) in [6, 6.07) is 40.6. The van der Waals surface area contributed by atoms with Crippen molar-refractivity contribution in [2.24, 2.45) is 0 Å². The fourth-order valence-electron chi connectivity index (χ4n) is 5.37. The molecule has 8 rings (SSSR count). The lowest BCUT2D eigenvalue weighted by Crippen LogP contribution is -1.80. The third-order valence-corrected chi connectivity index (χ3v) is 9.30. The molecule has 6 aromatic carbocycles. The lowest BCUT2D eigenvalue weighted by atomic mass is 9.97. The van der Waals surface area contributed by atoms with Crippen LogP contribution in [0.15, 0.2) is 109 Å². The second-order valence-electron chi connectivity index (χ2n) is 8.98. The molecule has 0 amide bonds. The van der Waals surface area contributed by atoms with Gasteiger partial charge in [0.15, 0.2) is 0 Å². The van der Waals surface area contributed by atoms with E-state index in [9.17, 15) is 0 Å². The minimum absolute atomic E-state index is 1.27. The standard InChI is InChI=1S/C32H18S2/c1-2-6-24-19(5-1)11-14-30-32(24)27-17-21(12-13-29(27)33-30)20-9-10-22-16-26-25-7-3-4-8-28(25)34-31(26)18-23(22)15-20/h1-18H. The van der Waals surface area contributed by atoms with Gasteiger partial charge in [-0.05, 0) is 75.1 Å². The van der Waals surface area contributed by atoms with Gasteiger partial charge < -0.3 is 0 Å². The zero-order valence-corrected chi connectivity index (χ0v) is 19.8. The molecule has 0 bridgehead atoms. The fourth-order valence-corrected chi connectivity index (χ4v) is 7.61. The zero-order valence-electron chi connectivity index (χ0n) is 18.2. The first-order chi connectivity index (χ1) is 16.8. The Morgan fingerprint density at radius 3 is 2.03 bits per heavy atom. The van der Waals surface area contributed by atoms with Crippen molar-refractivity contribution in [3.8, 4) is 11.1 Å². The SMILES string of the molecule is c1ccc2c(c1)ccc1sc3ccc(-c4ccc5cc6c(cc5c4)sc4ccccc46)cc3c12. The Morgan fingerprint density at radius 1 is 0.353 bits per heavy atom. The average molecular weight is 467 g/mol. The van der Waals surface area contributed by atoms with Crippen LogP contribution >= 0.6 is 22.7 Å². The largest absolute Gasteiger partial charge is 0.135 e. The van der Waals surface area contributed by atoms with Gasteiger partial charge in [-0.3, -0.25) is 0 Å². The molecule has 0 nitrogen and oxygen atoms in total. The van der Waals surface area contributed by atoms with Crippen LogP contribution in [0.5, 0.6) is 0 Å². The molecular formula is C32H18S2. The van der Waals surface area contributed by atoms with Crippen molar-refractivity contribution in [3.05, 3.63) is 109 Å². The highest BCUT2D eigenvalue weighted by atomic mass is 32.1. The number of thiophene rings is 2. The van der Waals surface area contributed by atoms with E-state index >= 15 is 0 Å². The van der Waals surface area contributed by atoms with Crippen molar-refractivity contribution < 1.29 is 0 Å². The smallest absolute Gasteiger partial charge is 0.0361 e. The Balaban J connectivity index is 1.35. The molecule has 0 fully saturated rings. The highest BCUT2D eigenvalue weighted by Crippen LogP contribution is 2.41. The van der Waals surface area contributed by atoms with E-state index in [1.54, 1.807) is 0 Å². The van der Waals surface area contributed by atoms with Gasteiger partial charge in [-0.25, -0.2) is 0 Å². The van der Waals surface area contributed by atoms with E-state index in [0.29, 0.717) is 0 Å². The van der Waals surface area contributed by atoms with Gasteiger partial charge in [0.05, 0.1) is 0 Å². The molecule has 0 saturated heterocycles. The van der Waals surface area contributed by atoms with Gasteiger partial charge in [-0.2, -0.15) is 0 Å². The third-order valence-electron chi connectivity index (χ3n) is 7.03. The van der Waals surface area contributed by atoms with Crippen molar-refractivity contribution in [3.63, 3.8) is 0 Å². The van der Waals surface area contributed by atoms with Crippen LogP contribution in [0, 0.1) is 0 Å². The molecule has 0 saturated carbocycles. The van der Waals surface area contributed by atoms with Crippen molar-refractivity contribution >= 4 is 84.6 Å². The maximum absolute atomic E-state index is 2.39. The lowest BCUT2D eigenvalue weighted by Gasteiger charge is -2.06. The highest BCUT2D eigenvalue weighted by molar-refractivity contribution is 7.26. The molecule has 0 N–H and O–H groups in total. The van der Waals surface area contributed by atoms with Gasteiger partial charge in [0.1, 0.15) is 0 Å². The summed E-state index contributed by atoms with van der Waals surface area (Å²) >= 11 is 3.77. The molecule has 0 radical (unpaired) electrons. The Labute approximate surface area is 204 Å². The second kappa shape index (κ2) is 6.89. The van der Waals surface area contributed by atoms with E-state index in [1.165, 1.54) is 73.0 Å². The van der Waals surface area contributed by atoms with E-state index in [0.717, 1.165) is 0 Å². The molecule has 0 aliphatic carbocycles. The third kappa shape index (κ3) is 2.64. The Kier molecular flexibility index (Phi) is 3.79. The lowest BCUT2D eigenvalue weighted by molar-refractivity contribution is 1.71. The van der Waals surface area contributed by atoms with Crippen LogP contribution in [0.4, 0.5) is 0 Å².